The molecule has 0 aromatic heterocycles. The molecule has 0 saturated carbocycles. The SMILES string of the molecule is C/C(=N/NC(=O)c1ccc(NC(=O)c2ccc(C(C)(C)C)cc2)cc1)c1cccc(O)c1. The average molecular weight is 430 g/mol. The molecule has 0 radical (unpaired) electrons. The quantitative estimate of drug-likeness (QED) is 0.389. The summed E-state index contributed by atoms with van der Waals surface area (Å²) < 4.78 is 0. The van der Waals surface area contributed by atoms with Crippen LogP contribution < -0.4 is 10.7 Å². The highest BCUT2D eigenvalue weighted by Crippen LogP contribution is 2.22. The first kappa shape index (κ1) is 22.7. The summed E-state index contributed by atoms with van der Waals surface area (Å²) in [4.78, 5) is 24.9. The fraction of sp³-hybridized carbons (Fsp3) is 0.192. The van der Waals surface area contributed by atoms with Gasteiger partial charge in [-0.3, -0.25) is 9.59 Å². The van der Waals surface area contributed by atoms with Crippen molar-refractivity contribution in [2.75, 3.05) is 5.32 Å². The van der Waals surface area contributed by atoms with E-state index in [1.54, 1.807) is 55.5 Å². The minimum atomic E-state index is -0.375. The number of amides is 2. The van der Waals surface area contributed by atoms with E-state index in [0.29, 0.717) is 28.1 Å². The molecular formula is C26H27N3O3. The molecule has 0 bridgehead atoms. The van der Waals surface area contributed by atoms with Crippen molar-refractivity contribution in [3.05, 3.63) is 95.1 Å². The first-order valence-corrected chi connectivity index (χ1v) is 10.3. The third-order valence-corrected chi connectivity index (χ3v) is 5.01. The van der Waals surface area contributed by atoms with Crippen LogP contribution in [-0.4, -0.2) is 22.6 Å². The Morgan fingerprint density at radius 3 is 2.00 bits per heavy atom. The van der Waals surface area contributed by atoms with Crippen LogP contribution in [0.5, 0.6) is 5.75 Å². The number of phenolic OH excluding ortho intramolecular Hbond substituents is 1. The molecule has 32 heavy (non-hydrogen) atoms. The standard InChI is InChI=1S/C26H27N3O3/c1-17(20-6-5-7-23(30)16-20)28-29-25(32)19-10-14-22(15-11-19)27-24(31)18-8-12-21(13-9-18)26(2,3)4/h5-16,30H,1-4H3,(H,27,31)(H,29,32)/b28-17-. The van der Waals surface area contributed by atoms with Gasteiger partial charge in [-0.25, -0.2) is 5.43 Å². The number of hydrogen-bond acceptors (Lipinski definition) is 4. The molecule has 0 aliphatic carbocycles. The van der Waals surface area contributed by atoms with Crippen molar-refractivity contribution in [1.29, 1.82) is 0 Å². The number of carbonyl (C=O) groups excluding carboxylic acids is 2. The van der Waals surface area contributed by atoms with Crippen molar-refractivity contribution < 1.29 is 14.7 Å². The average Bonchev–Trinajstić information content (AvgIpc) is 2.77. The van der Waals surface area contributed by atoms with Crippen molar-refractivity contribution in [1.82, 2.24) is 5.43 Å². The summed E-state index contributed by atoms with van der Waals surface area (Å²) in [5.74, 6) is -0.458. The fourth-order valence-electron chi connectivity index (χ4n) is 3.02. The molecule has 164 valence electrons. The molecule has 3 N–H and O–H groups in total. The van der Waals surface area contributed by atoms with E-state index in [4.69, 9.17) is 0 Å². The van der Waals surface area contributed by atoms with Gasteiger partial charge in [0.25, 0.3) is 11.8 Å². The van der Waals surface area contributed by atoms with Crippen LogP contribution in [-0.2, 0) is 5.41 Å². The summed E-state index contributed by atoms with van der Waals surface area (Å²) in [6.45, 7) is 8.11. The minimum Gasteiger partial charge on any atom is -0.508 e. The molecule has 3 aromatic rings. The predicted octanol–water partition coefficient (Wildman–Crippen LogP) is 5.10. The largest absolute Gasteiger partial charge is 0.508 e. The van der Waals surface area contributed by atoms with E-state index in [1.807, 2.05) is 24.3 Å². The second-order valence-electron chi connectivity index (χ2n) is 8.55. The lowest BCUT2D eigenvalue weighted by Gasteiger charge is -2.19. The second-order valence-corrected chi connectivity index (χ2v) is 8.55. The zero-order valence-corrected chi connectivity index (χ0v) is 18.6. The van der Waals surface area contributed by atoms with E-state index < -0.39 is 0 Å². The summed E-state index contributed by atoms with van der Waals surface area (Å²) >= 11 is 0. The maximum atomic E-state index is 12.5. The molecule has 0 aliphatic rings. The smallest absolute Gasteiger partial charge is 0.271 e. The van der Waals surface area contributed by atoms with Gasteiger partial charge in [-0.2, -0.15) is 5.10 Å². The molecule has 3 aromatic carbocycles. The Kier molecular flexibility index (Phi) is 6.73. The Morgan fingerprint density at radius 1 is 0.812 bits per heavy atom. The van der Waals surface area contributed by atoms with Gasteiger partial charge in [-0.05, 0) is 66.4 Å². The van der Waals surface area contributed by atoms with Gasteiger partial charge in [0.2, 0.25) is 0 Å². The Balaban J connectivity index is 1.61. The molecule has 0 aliphatic heterocycles. The molecule has 0 atom stereocenters. The number of anilines is 1. The summed E-state index contributed by atoms with van der Waals surface area (Å²) in [6.07, 6.45) is 0. The molecule has 0 fully saturated rings. The number of hydrogen-bond donors (Lipinski definition) is 3. The zero-order chi connectivity index (χ0) is 23.3. The minimum absolute atomic E-state index is 0.0247. The van der Waals surface area contributed by atoms with Crippen molar-refractivity contribution in [2.45, 2.75) is 33.1 Å². The molecule has 3 rings (SSSR count). The number of aromatic hydroxyl groups is 1. The normalized spacial score (nSPS) is 11.7. The Bertz CT molecular complexity index is 1140. The van der Waals surface area contributed by atoms with Crippen LogP contribution in [0.15, 0.2) is 77.9 Å². The second kappa shape index (κ2) is 9.47. The highest BCUT2D eigenvalue weighted by Gasteiger charge is 2.14. The lowest BCUT2D eigenvalue weighted by molar-refractivity contribution is 0.0954. The number of hydrazone groups is 1. The fourth-order valence-corrected chi connectivity index (χ4v) is 3.02. The van der Waals surface area contributed by atoms with Crippen LogP contribution in [0.1, 0.15) is 59.5 Å². The number of phenols is 1. The number of nitrogens with one attached hydrogen (secondary N) is 2. The first-order chi connectivity index (χ1) is 15.1. The van der Waals surface area contributed by atoms with E-state index >= 15 is 0 Å². The summed E-state index contributed by atoms with van der Waals surface area (Å²) in [5.41, 5.74) is 6.52. The monoisotopic (exact) mass is 429 g/mol. The number of carbonyl (C=O) groups is 2. The summed E-state index contributed by atoms with van der Waals surface area (Å²) in [6, 6.07) is 20.7. The maximum absolute atomic E-state index is 12.5. The summed E-state index contributed by atoms with van der Waals surface area (Å²) in [5, 5.41) is 16.5. The summed E-state index contributed by atoms with van der Waals surface area (Å²) in [7, 11) is 0. The van der Waals surface area contributed by atoms with E-state index in [0.717, 1.165) is 5.56 Å². The van der Waals surface area contributed by atoms with Gasteiger partial charge in [0.15, 0.2) is 0 Å². The molecular weight excluding hydrogens is 402 g/mol. The number of rotatable bonds is 5. The predicted molar refractivity (Wildman–Crippen MR) is 127 cm³/mol. The molecule has 6 heteroatoms. The van der Waals surface area contributed by atoms with Crippen LogP contribution in [0.3, 0.4) is 0 Å². The third kappa shape index (κ3) is 5.82. The third-order valence-electron chi connectivity index (χ3n) is 5.01. The highest BCUT2D eigenvalue weighted by molar-refractivity contribution is 6.05. The Labute approximate surface area is 188 Å². The van der Waals surface area contributed by atoms with Gasteiger partial charge >= 0.3 is 0 Å². The van der Waals surface area contributed by atoms with Gasteiger partial charge in [0.05, 0.1) is 5.71 Å². The van der Waals surface area contributed by atoms with Crippen LogP contribution in [0.4, 0.5) is 5.69 Å². The Morgan fingerprint density at radius 2 is 1.41 bits per heavy atom. The molecule has 0 heterocycles. The van der Waals surface area contributed by atoms with E-state index in [2.05, 4.69) is 36.6 Å². The number of benzene rings is 3. The van der Waals surface area contributed by atoms with Gasteiger partial charge < -0.3 is 10.4 Å². The molecule has 0 spiro atoms. The van der Waals surface area contributed by atoms with Crippen LogP contribution in [0.25, 0.3) is 0 Å². The zero-order valence-electron chi connectivity index (χ0n) is 18.6. The van der Waals surface area contributed by atoms with Crippen LogP contribution >= 0.6 is 0 Å². The van der Waals surface area contributed by atoms with E-state index in [9.17, 15) is 14.7 Å². The van der Waals surface area contributed by atoms with Crippen LogP contribution in [0, 0.1) is 0 Å². The molecule has 0 saturated heterocycles. The molecule has 0 unspecified atom stereocenters. The van der Waals surface area contributed by atoms with Gasteiger partial charge in [-0.15, -0.1) is 0 Å². The molecule has 6 nitrogen and oxygen atoms in total. The lowest BCUT2D eigenvalue weighted by Crippen LogP contribution is -2.19. The van der Waals surface area contributed by atoms with Crippen LogP contribution in [0.2, 0.25) is 0 Å². The highest BCUT2D eigenvalue weighted by atomic mass is 16.3. The van der Waals surface area contributed by atoms with E-state index in [1.165, 1.54) is 0 Å². The molecule has 2 amide bonds. The number of nitrogens with zero attached hydrogens (tertiary/aromatic N) is 1. The van der Waals surface area contributed by atoms with Crippen molar-refractivity contribution >= 4 is 23.2 Å². The van der Waals surface area contributed by atoms with Crippen molar-refractivity contribution in [2.24, 2.45) is 5.10 Å². The van der Waals surface area contributed by atoms with Crippen molar-refractivity contribution in [3.63, 3.8) is 0 Å². The maximum Gasteiger partial charge on any atom is 0.271 e. The van der Waals surface area contributed by atoms with Gasteiger partial charge in [0.1, 0.15) is 5.75 Å². The topological polar surface area (TPSA) is 90.8 Å². The van der Waals surface area contributed by atoms with Gasteiger partial charge in [-0.1, -0.05) is 45.0 Å². The van der Waals surface area contributed by atoms with Crippen molar-refractivity contribution in [3.8, 4) is 5.75 Å². The lowest BCUT2D eigenvalue weighted by atomic mass is 9.87. The van der Waals surface area contributed by atoms with E-state index in [-0.39, 0.29) is 23.0 Å². The van der Waals surface area contributed by atoms with Gasteiger partial charge in [0, 0.05) is 22.4 Å². The first-order valence-electron chi connectivity index (χ1n) is 10.3. The Hall–Kier alpha value is -3.93.